The SMILES string of the molecule is CC(=O)c1c[nH]c(C(=O)O[C@@H](C)C(=O)N2CC(=O)Nc3ccccc32)c1. The lowest BCUT2D eigenvalue weighted by molar-refractivity contribution is -0.128. The van der Waals surface area contributed by atoms with Crippen molar-refractivity contribution in [1.29, 1.82) is 0 Å². The molecule has 2 amide bonds. The molecule has 0 aliphatic carbocycles. The molecule has 2 heterocycles. The third-order valence-electron chi connectivity index (χ3n) is 3.98. The van der Waals surface area contributed by atoms with Crippen LogP contribution in [0.1, 0.15) is 34.7 Å². The van der Waals surface area contributed by atoms with E-state index in [4.69, 9.17) is 4.74 Å². The van der Waals surface area contributed by atoms with E-state index in [1.807, 2.05) is 0 Å². The van der Waals surface area contributed by atoms with Crippen LogP contribution in [0.4, 0.5) is 11.4 Å². The molecule has 0 spiro atoms. The van der Waals surface area contributed by atoms with Gasteiger partial charge >= 0.3 is 5.97 Å². The Labute approximate surface area is 149 Å². The van der Waals surface area contributed by atoms with E-state index in [0.717, 1.165) is 0 Å². The predicted molar refractivity (Wildman–Crippen MR) is 93.1 cm³/mol. The summed E-state index contributed by atoms with van der Waals surface area (Å²) >= 11 is 0. The molecular formula is C18H17N3O5. The van der Waals surface area contributed by atoms with Gasteiger partial charge in [-0.25, -0.2) is 4.79 Å². The van der Waals surface area contributed by atoms with E-state index in [2.05, 4.69) is 10.3 Å². The third-order valence-corrected chi connectivity index (χ3v) is 3.98. The highest BCUT2D eigenvalue weighted by atomic mass is 16.5. The third kappa shape index (κ3) is 3.34. The summed E-state index contributed by atoms with van der Waals surface area (Å²) in [5, 5.41) is 2.69. The molecule has 1 atom stereocenters. The van der Waals surface area contributed by atoms with Crippen molar-refractivity contribution in [3.05, 3.63) is 47.8 Å². The van der Waals surface area contributed by atoms with E-state index >= 15 is 0 Å². The number of carbonyl (C=O) groups excluding carboxylic acids is 4. The Bertz CT molecular complexity index is 902. The monoisotopic (exact) mass is 355 g/mol. The number of esters is 1. The standard InChI is InChI=1S/C18H17N3O5/c1-10(22)12-7-14(19-8-12)18(25)26-11(2)17(24)21-9-16(23)20-13-5-3-4-6-15(13)21/h3-8,11,19H,9H2,1-2H3,(H,20,23)/t11-/m0/s1. The molecule has 134 valence electrons. The van der Waals surface area contributed by atoms with Gasteiger partial charge in [-0.2, -0.15) is 0 Å². The Morgan fingerprint density at radius 3 is 2.65 bits per heavy atom. The van der Waals surface area contributed by atoms with Gasteiger partial charge in [-0.05, 0) is 32.0 Å². The van der Waals surface area contributed by atoms with Crippen LogP contribution in [0, 0.1) is 0 Å². The minimum atomic E-state index is -1.11. The number of rotatable bonds is 4. The van der Waals surface area contributed by atoms with Crippen molar-refractivity contribution in [3.63, 3.8) is 0 Å². The van der Waals surface area contributed by atoms with Crippen molar-refractivity contribution in [2.45, 2.75) is 20.0 Å². The van der Waals surface area contributed by atoms with Gasteiger partial charge in [0.25, 0.3) is 5.91 Å². The molecule has 0 saturated heterocycles. The average Bonchev–Trinajstić information content (AvgIpc) is 3.10. The smallest absolute Gasteiger partial charge is 0.355 e. The minimum absolute atomic E-state index is 0.0756. The summed E-state index contributed by atoms with van der Waals surface area (Å²) in [5.41, 5.74) is 1.48. The molecule has 1 aliphatic heterocycles. The van der Waals surface area contributed by atoms with E-state index in [1.54, 1.807) is 24.3 Å². The van der Waals surface area contributed by atoms with Gasteiger partial charge in [0.1, 0.15) is 12.2 Å². The van der Waals surface area contributed by atoms with Crippen LogP contribution in [0.5, 0.6) is 0 Å². The van der Waals surface area contributed by atoms with Crippen LogP contribution in [0.25, 0.3) is 0 Å². The molecule has 8 nitrogen and oxygen atoms in total. The zero-order valence-corrected chi connectivity index (χ0v) is 14.2. The Kier molecular flexibility index (Phi) is 4.57. The zero-order chi connectivity index (χ0) is 18.8. The molecule has 1 aromatic carbocycles. The van der Waals surface area contributed by atoms with Gasteiger partial charge in [-0.15, -0.1) is 0 Å². The van der Waals surface area contributed by atoms with Crippen LogP contribution in [0.3, 0.4) is 0 Å². The maximum Gasteiger partial charge on any atom is 0.355 e. The molecular weight excluding hydrogens is 338 g/mol. The van der Waals surface area contributed by atoms with E-state index in [0.29, 0.717) is 16.9 Å². The average molecular weight is 355 g/mol. The van der Waals surface area contributed by atoms with Crippen molar-refractivity contribution in [2.24, 2.45) is 0 Å². The molecule has 0 fully saturated rings. The number of carbonyl (C=O) groups is 4. The molecule has 8 heteroatoms. The maximum atomic E-state index is 12.7. The fraction of sp³-hybridized carbons (Fsp3) is 0.222. The molecule has 0 saturated carbocycles. The quantitative estimate of drug-likeness (QED) is 0.641. The topological polar surface area (TPSA) is 109 Å². The lowest BCUT2D eigenvalue weighted by atomic mass is 10.1. The normalized spacial score (nSPS) is 14.2. The van der Waals surface area contributed by atoms with Gasteiger partial charge in [0.2, 0.25) is 5.91 Å². The fourth-order valence-electron chi connectivity index (χ4n) is 2.64. The number of H-pyrrole nitrogens is 1. The highest BCUT2D eigenvalue weighted by molar-refractivity contribution is 6.11. The van der Waals surface area contributed by atoms with Crippen LogP contribution >= 0.6 is 0 Å². The number of Topliss-reactive ketones (excluding diaryl/α,β-unsaturated/α-hetero) is 1. The van der Waals surface area contributed by atoms with Crippen molar-refractivity contribution in [3.8, 4) is 0 Å². The molecule has 26 heavy (non-hydrogen) atoms. The molecule has 1 aliphatic rings. The van der Waals surface area contributed by atoms with Gasteiger partial charge in [0.05, 0.1) is 11.4 Å². The first-order valence-electron chi connectivity index (χ1n) is 7.97. The van der Waals surface area contributed by atoms with Crippen LogP contribution < -0.4 is 10.2 Å². The molecule has 0 unspecified atom stereocenters. The van der Waals surface area contributed by atoms with Crippen LogP contribution in [-0.2, 0) is 14.3 Å². The number of amides is 2. The number of ketones is 1. The van der Waals surface area contributed by atoms with Crippen LogP contribution in [0.15, 0.2) is 36.5 Å². The van der Waals surface area contributed by atoms with Crippen LogP contribution in [0.2, 0.25) is 0 Å². The van der Waals surface area contributed by atoms with E-state index < -0.39 is 18.0 Å². The van der Waals surface area contributed by atoms with Gasteiger partial charge in [0.15, 0.2) is 11.9 Å². The number of hydrogen-bond donors (Lipinski definition) is 2. The van der Waals surface area contributed by atoms with Gasteiger partial charge in [-0.1, -0.05) is 12.1 Å². The van der Waals surface area contributed by atoms with Crippen molar-refractivity contribution >= 4 is 34.9 Å². The number of para-hydroxylation sites is 2. The minimum Gasteiger partial charge on any atom is -0.448 e. The molecule has 2 aromatic rings. The summed E-state index contributed by atoms with van der Waals surface area (Å²) in [5.74, 6) is -1.79. The van der Waals surface area contributed by atoms with Crippen molar-refractivity contribution in [2.75, 3.05) is 16.8 Å². The number of aromatic nitrogens is 1. The number of hydrogen-bond acceptors (Lipinski definition) is 5. The number of ether oxygens (including phenoxy) is 1. The Morgan fingerprint density at radius 2 is 1.96 bits per heavy atom. The summed E-state index contributed by atoms with van der Waals surface area (Å²) in [7, 11) is 0. The van der Waals surface area contributed by atoms with Crippen molar-refractivity contribution in [1.82, 2.24) is 4.98 Å². The van der Waals surface area contributed by atoms with Gasteiger partial charge < -0.3 is 15.0 Å². The number of nitrogens with one attached hydrogen (secondary N) is 2. The Morgan fingerprint density at radius 1 is 1.23 bits per heavy atom. The second-order valence-electron chi connectivity index (χ2n) is 5.90. The summed E-state index contributed by atoms with van der Waals surface area (Å²) in [6.07, 6.45) is 0.293. The molecule has 2 N–H and O–H groups in total. The highest BCUT2D eigenvalue weighted by Crippen LogP contribution is 2.29. The first-order valence-corrected chi connectivity index (χ1v) is 7.97. The van der Waals surface area contributed by atoms with Crippen molar-refractivity contribution < 1.29 is 23.9 Å². The molecule has 3 rings (SSSR count). The maximum absolute atomic E-state index is 12.7. The summed E-state index contributed by atoms with van der Waals surface area (Å²) < 4.78 is 5.19. The number of nitrogens with zero attached hydrogens (tertiary/aromatic N) is 1. The number of fused-ring (bicyclic) bond motifs is 1. The number of anilines is 2. The highest BCUT2D eigenvalue weighted by Gasteiger charge is 2.31. The second-order valence-corrected chi connectivity index (χ2v) is 5.90. The number of aromatic amines is 1. The molecule has 0 radical (unpaired) electrons. The van der Waals surface area contributed by atoms with Gasteiger partial charge in [-0.3, -0.25) is 19.3 Å². The lowest BCUT2D eigenvalue weighted by Gasteiger charge is -2.30. The first kappa shape index (κ1) is 17.4. The first-order chi connectivity index (χ1) is 12.4. The Hall–Kier alpha value is -3.42. The lowest BCUT2D eigenvalue weighted by Crippen LogP contribution is -2.47. The molecule has 1 aromatic heterocycles. The van der Waals surface area contributed by atoms with E-state index in [1.165, 1.54) is 31.0 Å². The summed E-state index contributed by atoms with van der Waals surface area (Å²) in [6.45, 7) is 2.65. The second kappa shape index (κ2) is 6.83. The van der Waals surface area contributed by atoms with E-state index in [-0.39, 0.29) is 23.9 Å². The predicted octanol–water partition coefficient (Wildman–Crippen LogP) is 1.75. The fourth-order valence-corrected chi connectivity index (χ4v) is 2.64. The van der Waals surface area contributed by atoms with Gasteiger partial charge in [0, 0.05) is 11.8 Å². The summed E-state index contributed by atoms with van der Waals surface area (Å²) in [6, 6.07) is 8.24. The zero-order valence-electron chi connectivity index (χ0n) is 14.2. The Balaban J connectivity index is 1.74. The van der Waals surface area contributed by atoms with E-state index in [9.17, 15) is 19.2 Å². The van der Waals surface area contributed by atoms with Crippen LogP contribution in [-0.4, -0.2) is 41.2 Å². The molecule has 0 bridgehead atoms. The largest absolute Gasteiger partial charge is 0.448 e. The summed E-state index contributed by atoms with van der Waals surface area (Å²) in [4.78, 5) is 51.9. The number of benzene rings is 1.